The summed E-state index contributed by atoms with van der Waals surface area (Å²) in [5.41, 5.74) is 2.39. The molecular weight excluding hydrogens is 380 g/mol. The topological polar surface area (TPSA) is 69.2 Å². The lowest BCUT2D eigenvalue weighted by atomic mass is 10.2. The highest BCUT2D eigenvalue weighted by atomic mass is 16.5. The molecule has 0 heterocycles. The Morgan fingerprint density at radius 3 is 2.43 bits per heavy atom. The van der Waals surface area contributed by atoms with Crippen molar-refractivity contribution in [1.82, 2.24) is 0 Å². The van der Waals surface area contributed by atoms with Gasteiger partial charge in [-0.3, -0.25) is 9.79 Å². The molecule has 154 valence electrons. The van der Waals surface area contributed by atoms with Crippen molar-refractivity contribution in [2.45, 2.75) is 6.92 Å². The molecule has 0 fully saturated rings. The van der Waals surface area contributed by atoms with Gasteiger partial charge in [0, 0.05) is 11.9 Å². The van der Waals surface area contributed by atoms with E-state index in [1.807, 2.05) is 73.7 Å². The van der Waals surface area contributed by atoms with Gasteiger partial charge in [0.05, 0.1) is 19.4 Å². The Morgan fingerprint density at radius 2 is 1.73 bits per heavy atom. The normalized spacial score (nSPS) is 10.6. The highest BCUT2D eigenvalue weighted by molar-refractivity contribution is 5.91. The fraction of sp³-hybridized carbons (Fsp3) is 0.167. The molecule has 0 aliphatic rings. The Hall–Kier alpha value is -3.80. The van der Waals surface area contributed by atoms with Gasteiger partial charge in [-0.2, -0.15) is 0 Å². The largest absolute Gasteiger partial charge is 0.494 e. The van der Waals surface area contributed by atoms with Crippen LogP contribution in [0.3, 0.4) is 0 Å². The van der Waals surface area contributed by atoms with Gasteiger partial charge >= 0.3 is 0 Å². The molecule has 0 spiro atoms. The first-order valence-corrected chi connectivity index (χ1v) is 9.60. The highest BCUT2D eigenvalue weighted by Crippen LogP contribution is 2.28. The second-order valence-corrected chi connectivity index (χ2v) is 6.30. The predicted molar refractivity (Wildman–Crippen MR) is 118 cm³/mol. The van der Waals surface area contributed by atoms with Crippen molar-refractivity contribution < 1.29 is 19.0 Å². The van der Waals surface area contributed by atoms with E-state index >= 15 is 0 Å². The van der Waals surface area contributed by atoms with E-state index in [2.05, 4.69) is 10.3 Å². The van der Waals surface area contributed by atoms with Gasteiger partial charge < -0.3 is 19.5 Å². The smallest absolute Gasteiger partial charge is 0.262 e. The van der Waals surface area contributed by atoms with Gasteiger partial charge in [0.15, 0.2) is 18.1 Å². The number of carbonyl (C=O) groups excluding carboxylic acids is 1. The van der Waals surface area contributed by atoms with E-state index in [0.29, 0.717) is 18.1 Å². The molecule has 6 nitrogen and oxygen atoms in total. The third-order valence-corrected chi connectivity index (χ3v) is 4.11. The Labute approximate surface area is 176 Å². The first-order valence-electron chi connectivity index (χ1n) is 9.60. The number of aliphatic imine (C=N–C) groups is 1. The number of methoxy groups -OCH3 is 1. The van der Waals surface area contributed by atoms with E-state index in [1.54, 1.807) is 19.4 Å². The number of carbonyl (C=O) groups is 1. The Kier molecular flexibility index (Phi) is 7.44. The minimum atomic E-state index is -0.246. The molecule has 0 unspecified atom stereocenters. The number of para-hydroxylation sites is 1. The van der Waals surface area contributed by atoms with Gasteiger partial charge in [-0.15, -0.1) is 0 Å². The summed E-state index contributed by atoms with van der Waals surface area (Å²) in [6.07, 6.45) is 1.74. The first kappa shape index (κ1) is 20.9. The molecule has 0 aromatic heterocycles. The quantitative estimate of drug-likeness (QED) is 0.517. The predicted octanol–water partition coefficient (Wildman–Crippen LogP) is 4.86. The number of benzene rings is 3. The van der Waals surface area contributed by atoms with Crippen LogP contribution in [0.4, 0.5) is 11.4 Å². The second-order valence-electron chi connectivity index (χ2n) is 6.30. The molecule has 0 aliphatic heterocycles. The summed E-state index contributed by atoms with van der Waals surface area (Å²) >= 11 is 0. The van der Waals surface area contributed by atoms with Crippen LogP contribution in [0.25, 0.3) is 0 Å². The molecule has 1 N–H and O–H groups in total. The van der Waals surface area contributed by atoms with E-state index < -0.39 is 0 Å². The van der Waals surface area contributed by atoms with E-state index in [-0.39, 0.29) is 12.5 Å². The van der Waals surface area contributed by atoms with Gasteiger partial charge in [0.1, 0.15) is 5.75 Å². The molecule has 0 bridgehead atoms. The van der Waals surface area contributed by atoms with Crippen LogP contribution in [0.5, 0.6) is 17.2 Å². The summed E-state index contributed by atoms with van der Waals surface area (Å²) < 4.78 is 16.4. The lowest BCUT2D eigenvalue weighted by Crippen LogP contribution is -2.20. The van der Waals surface area contributed by atoms with Crippen LogP contribution in [-0.4, -0.2) is 32.4 Å². The Balaban J connectivity index is 1.60. The van der Waals surface area contributed by atoms with Gasteiger partial charge in [0.25, 0.3) is 5.91 Å². The van der Waals surface area contributed by atoms with Crippen LogP contribution in [0, 0.1) is 0 Å². The third kappa shape index (κ3) is 6.10. The molecule has 0 radical (unpaired) electrons. The fourth-order valence-electron chi connectivity index (χ4n) is 2.69. The van der Waals surface area contributed by atoms with Crippen LogP contribution in [0.1, 0.15) is 12.5 Å². The number of rotatable bonds is 9. The summed E-state index contributed by atoms with van der Waals surface area (Å²) in [7, 11) is 1.56. The Morgan fingerprint density at radius 1 is 0.967 bits per heavy atom. The summed E-state index contributed by atoms with van der Waals surface area (Å²) in [6, 6.07) is 22.2. The number of amides is 1. The number of nitrogens with zero attached hydrogens (tertiary/aromatic N) is 1. The van der Waals surface area contributed by atoms with Crippen LogP contribution in [-0.2, 0) is 4.79 Å². The van der Waals surface area contributed by atoms with E-state index in [4.69, 9.17) is 14.2 Å². The van der Waals surface area contributed by atoms with Crippen molar-refractivity contribution in [1.29, 1.82) is 0 Å². The Bertz CT molecular complexity index is 986. The molecule has 0 saturated heterocycles. The van der Waals surface area contributed by atoms with Gasteiger partial charge in [-0.05, 0) is 67.1 Å². The second kappa shape index (κ2) is 10.7. The summed E-state index contributed by atoms with van der Waals surface area (Å²) in [5, 5.41) is 2.78. The van der Waals surface area contributed by atoms with Crippen molar-refractivity contribution in [3.63, 3.8) is 0 Å². The monoisotopic (exact) mass is 404 g/mol. The minimum absolute atomic E-state index is 0.120. The molecular formula is C24H24N2O4. The van der Waals surface area contributed by atoms with E-state index in [9.17, 15) is 4.79 Å². The average molecular weight is 404 g/mol. The zero-order valence-electron chi connectivity index (χ0n) is 17.0. The first-order chi connectivity index (χ1) is 14.7. The van der Waals surface area contributed by atoms with Gasteiger partial charge in [-0.25, -0.2) is 0 Å². The molecule has 3 aromatic rings. The molecule has 0 saturated carbocycles. The average Bonchev–Trinajstić information content (AvgIpc) is 2.78. The van der Waals surface area contributed by atoms with Crippen molar-refractivity contribution in [3.05, 3.63) is 78.4 Å². The van der Waals surface area contributed by atoms with Gasteiger partial charge in [-0.1, -0.05) is 18.2 Å². The van der Waals surface area contributed by atoms with E-state index in [1.165, 1.54) is 0 Å². The standard InChI is InChI=1S/C24H24N2O4/c1-3-29-21-12-10-19(11-13-21)25-16-18-9-14-22(23(15-18)28-2)30-17-24(27)26-20-7-5-4-6-8-20/h4-16H,3,17H2,1-2H3,(H,26,27). The molecule has 0 aliphatic carbocycles. The highest BCUT2D eigenvalue weighted by Gasteiger charge is 2.08. The number of anilines is 1. The van der Waals surface area contributed by atoms with Crippen LogP contribution in [0.15, 0.2) is 77.8 Å². The molecule has 6 heteroatoms. The van der Waals surface area contributed by atoms with Crippen LogP contribution in [0.2, 0.25) is 0 Å². The zero-order valence-corrected chi connectivity index (χ0v) is 17.0. The lowest BCUT2D eigenvalue weighted by molar-refractivity contribution is -0.118. The maximum atomic E-state index is 12.1. The zero-order chi connectivity index (χ0) is 21.2. The van der Waals surface area contributed by atoms with E-state index in [0.717, 1.165) is 22.7 Å². The summed E-state index contributed by atoms with van der Waals surface area (Å²) in [6.45, 7) is 2.46. The third-order valence-electron chi connectivity index (χ3n) is 4.11. The number of ether oxygens (including phenoxy) is 3. The van der Waals surface area contributed by atoms with Crippen molar-refractivity contribution >= 4 is 23.5 Å². The maximum Gasteiger partial charge on any atom is 0.262 e. The fourth-order valence-corrected chi connectivity index (χ4v) is 2.69. The molecule has 0 atom stereocenters. The van der Waals surface area contributed by atoms with Crippen LogP contribution < -0.4 is 19.5 Å². The summed E-state index contributed by atoms with van der Waals surface area (Å²) in [5.74, 6) is 1.58. The lowest BCUT2D eigenvalue weighted by Gasteiger charge is -2.11. The van der Waals surface area contributed by atoms with Gasteiger partial charge in [0.2, 0.25) is 0 Å². The van der Waals surface area contributed by atoms with Crippen molar-refractivity contribution in [2.75, 3.05) is 25.6 Å². The number of hydrogen-bond donors (Lipinski definition) is 1. The molecule has 3 rings (SSSR count). The van der Waals surface area contributed by atoms with Crippen molar-refractivity contribution in [3.8, 4) is 17.2 Å². The maximum absolute atomic E-state index is 12.1. The molecule has 3 aromatic carbocycles. The van der Waals surface area contributed by atoms with Crippen molar-refractivity contribution in [2.24, 2.45) is 4.99 Å². The minimum Gasteiger partial charge on any atom is -0.494 e. The number of hydrogen-bond acceptors (Lipinski definition) is 5. The molecule has 30 heavy (non-hydrogen) atoms. The SMILES string of the molecule is CCOc1ccc(N=Cc2ccc(OCC(=O)Nc3ccccc3)c(OC)c2)cc1. The number of nitrogens with one attached hydrogen (secondary N) is 1. The van der Waals surface area contributed by atoms with Crippen LogP contribution >= 0.6 is 0 Å². The summed E-state index contributed by atoms with van der Waals surface area (Å²) in [4.78, 5) is 16.5. The molecule has 1 amide bonds.